The number of aliphatic hydroxyl groups is 2. The molecule has 0 amide bonds. The fraction of sp³-hybridized carbons (Fsp3) is 1.00. The highest BCUT2D eigenvalue weighted by molar-refractivity contribution is 4.99. The summed E-state index contributed by atoms with van der Waals surface area (Å²) in [5.41, 5.74) is 7.10. The molecule has 2 aliphatic heterocycles. The summed E-state index contributed by atoms with van der Waals surface area (Å²) in [5, 5.41) is 21.8. The Balaban J connectivity index is 2.12. The van der Waals surface area contributed by atoms with Crippen LogP contribution in [0.15, 0.2) is 5.11 Å². The van der Waals surface area contributed by atoms with Gasteiger partial charge in [0.15, 0.2) is 12.1 Å². The van der Waals surface area contributed by atoms with Crippen molar-refractivity contribution in [2.24, 2.45) is 5.11 Å². The van der Waals surface area contributed by atoms with Gasteiger partial charge in [0.2, 0.25) is 0 Å². The van der Waals surface area contributed by atoms with Crippen LogP contribution in [0.5, 0.6) is 0 Å². The highest BCUT2D eigenvalue weighted by Gasteiger charge is 2.56. The topological polar surface area (TPSA) is 104 Å². The number of ether oxygens (including phenoxy) is 3. The Bertz CT molecular complexity index is 285. The first-order valence-electron chi connectivity index (χ1n) is 5.15. The van der Waals surface area contributed by atoms with E-state index in [1.54, 1.807) is 13.8 Å². The quantitative estimate of drug-likeness (QED) is 0.575. The average Bonchev–Trinajstić information content (AvgIpc) is 2.68. The van der Waals surface area contributed by atoms with Crippen molar-refractivity contribution >= 4 is 0 Å². The van der Waals surface area contributed by atoms with E-state index < -0.39 is 43.0 Å². The first-order chi connectivity index (χ1) is 7.48. The molecule has 0 bridgehead atoms. The number of rotatable bonds is 3. The summed E-state index contributed by atoms with van der Waals surface area (Å²) in [6.07, 6.45) is -2.98. The maximum atomic E-state index is 9.52. The van der Waals surface area contributed by atoms with Crippen LogP contribution in [0, 0.1) is 5.53 Å². The third kappa shape index (κ3) is 1.85. The van der Waals surface area contributed by atoms with E-state index >= 15 is 0 Å². The second kappa shape index (κ2) is 4.01. The lowest BCUT2D eigenvalue weighted by molar-refractivity contribution is -0.217. The Labute approximate surface area is 92.8 Å². The fourth-order valence-electron chi connectivity index (χ4n) is 2.09. The lowest BCUT2D eigenvalue weighted by Gasteiger charge is -2.24. The van der Waals surface area contributed by atoms with E-state index in [-0.39, 0.29) is 0 Å². The van der Waals surface area contributed by atoms with E-state index in [0.29, 0.717) is 0 Å². The summed E-state index contributed by atoms with van der Waals surface area (Å²) in [5.74, 6) is -0.770. The van der Waals surface area contributed by atoms with Crippen molar-refractivity contribution in [1.29, 1.82) is 5.53 Å². The molecule has 0 spiro atoms. The van der Waals surface area contributed by atoms with Crippen LogP contribution in [0.25, 0.3) is 0 Å². The molecule has 2 saturated heterocycles. The number of hydrogen-bond donors (Lipinski definition) is 3. The molecule has 0 aromatic rings. The van der Waals surface area contributed by atoms with Crippen LogP contribution in [-0.2, 0) is 14.2 Å². The molecule has 2 aliphatic rings. The molecule has 0 aromatic heterocycles. The minimum atomic E-state index is -1.08. The minimum absolute atomic E-state index is 0.445. The predicted molar refractivity (Wildman–Crippen MR) is 50.7 cm³/mol. The molecule has 0 aromatic carbocycles. The molecule has 7 heteroatoms. The van der Waals surface area contributed by atoms with E-state index in [1.807, 2.05) is 0 Å². The van der Waals surface area contributed by atoms with Gasteiger partial charge in [-0.2, -0.15) is 5.11 Å². The van der Waals surface area contributed by atoms with Crippen molar-refractivity contribution in [1.82, 2.24) is 0 Å². The van der Waals surface area contributed by atoms with Crippen LogP contribution >= 0.6 is 0 Å². The van der Waals surface area contributed by atoms with Gasteiger partial charge in [-0.05, 0) is 13.8 Å². The monoisotopic (exact) mass is 232 g/mol. The molecular formula is C9H16N2O5. The third-order valence-electron chi connectivity index (χ3n) is 2.77. The van der Waals surface area contributed by atoms with Crippen LogP contribution in [0.1, 0.15) is 13.8 Å². The van der Waals surface area contributed by atoms with Crippen LogP contribution in [0.4, 0.5) is 0 Å². The molecule has 92 valence electrons. The van der Waals surface area contributed by atoms with Crippen molar-refractivity contribution < 1.29 is 24.4 Å². The molecule has 7 nitrogen and oxygen atoms in total. The fourth-order valence-corrected chi connectivity index (χ4v) is 2.09. The number of nitrogens with one attached hydrogen (secondary N) is 1. The van der Waals surface area contributed by atoms with E-state index in [2.05, 4.69) is 5.11 Å². The van der Waals surface area contributed by atoms with Crippen molar-refractivity contribution in [3.63, 3.8) is 0 Å². The zero-order valence-corrected chi connectivity index (χ0v) is 9.16. The first-order valence-corrected chi connectivity index (χ1v) is 5.15. The van der Waals surface area contributed by atoms with Gasteiger partial charge >= 0.3 is 0 Å². The summed E-state index contributed by atoms with van der Waals surface area (Å²) in [4.78, 5) is 0. The van der Waals surface area contributed by atoms with E-state index in [4.69, 9.17) is 24.8 Å². The maximum Gasteiger partial charge on any atom is 0.189 e. The summed E-state index contributed by atoms with van der Waals surface area (Å²) in [6, 6.07) is -0.645. The second-order valence-electron chi connectivity index (χ2n) is 4.44. The van der Waals surface area contributed by atoms with Crippen LogP contribution in [0.2, 0.25) is 0 Å². The van der Waals surface area contributed by atoms with E-state index in [1.165, 1.54) is 0 Å². The van der Waals surface area contributed by atoms with Crippen LogP contribution < -0.4 is 0 Å². The second-order valence-corrected chi connectivity index (χ2v) is 4.44. The zero-order chi connectivity index (χ0) is 11.9. The lowest BCUT2D eigenvalue weighted by atomic mass is 10.0. The molecule has 1 unspecified atom stereocenters. The molecule has 0 saturated carbocycles. The maximum absolute atomic E-state index is 9.52. The van der Waals surface area contributed by atoms with Gasteiger partial charge in [-0.3, -0.25) is 0 Å². The normalized spacial score (nSPS) is 43.0. The Hall–Kier alpha value is -0.600. The standard InChI is InChI=1S/C9H16N2O5/c1-9(2)15-7-5(11-10)6(4(13)3-12)14-8(7)16-9/h4-8,10,12-13H,3H2,1-2H3/t4?,5-,6+,7+,8+/m0/s1. The zero-order valence-electron chi connectivity index (χ0n) is 9.16. The van der Waals surface area contributed by atoms with Gasteiger partial charge in [0.05, 0.1) is 6.61 Å². The average molecular weight is 232 g/mol. The van der Waals surface area contributed by atoms with Gasteiger partial charge in [0, 0.05) is 0 Å². The molecule has 2 fully saturated rings. The van der Waals surface area contributed by atoms with Crippen LogP contribution in [0.3, 0.4) is 0 Å². The molecular weight excluding hydrogens is 216 g/mol. The molecule has 0 aliphatic carbocycles. The van der Waals surface area contributed by atoms with Gasteiger partial charge in [-0.15, -0.1) is 0 Å². The molecule has 3 N–H and O–H groups in total. The molecule has 16 heavy (non-hydrogen) atoms. The number of hydrogen-bond acceptors (Lipinski definition) is 7. The summed E-state index contributed by atoms with van der Waals surface area (Å²) >= 11 is 0. The highest BCUT2D eigenvalue weighted by Crippen LogP contribution is 2.39. The largest absolute Gasteiger partial charge is 0.394 e. The summed E-state index contributed by atoms with van der Waals surface area (Å²) in [7, 11) is 0. The Morgan fingerprint density at radius 2 is 2.12 bits per heavy atom. The van der Waals surface area contributed by atoms with E-state index in [9.17, 15) is 5.11 Å². The van der Waals surface area contributed by atoms with Gasteiger partial charge < -0.3 is 24.4 Å². The Morgan fingerprint density at radius 3 is 2.69 bits per heavy atom. The van der Waals surface area contributed by atoms with Gasteiger partial charge in [-0.1, -0.05) is 0 Å². The minimum Gasteiger partial charge on any atom is -0.394 e. The number of fused-ring (bicyclic) bond motifs is 1. The highest BCUT2D eigenvalue weighted by atomic mass is 16.8. The van der Waals surface area contributed by atoms with Crippen molar-refractivity contribution in [2.75, 3.05) is 6.61 Å². The Kier molecular flexibility index (Phi) is 2.97. The van der Waals surface area contributed by atoms with Gasteiger partial charge in [0.1, 0.15) is 24.4 Å². The van der Waals surface area contributed by atoms with E-state index in [0.717, 1.165) is 0 Å². The van der Waals surface area contributed by atoms with Gasteiger partial charge in [0.25, 0.3) is 0 Å². The SMILES string of the molecule is CC1(C)O[C@H]2O[C@H](C(O)CO)[C@H](N=N)[C@H]2O1. The third-order valence-corrected chi connectivity index (χ3v) is 2.77. The smallest absolute Gasteiger partial charge is 0.189 e. The first kappa shape index (κ1) is 11.9. The molecule has 2 rings (SSSR count). The molecule has 2 heterocycles. The lowest BCUT2D eigenvalue weighted by Crippen LogP contribution is -2.41. The number of aliphatic hydroxyl groups excluding tert-OH is 2. The van der Waals surface area contributed by atoms with Crippen LogP contribution in [-0.4, -0.2) is 53.3 Å². The number of nitrogens with zero attached hydrogens (tertiary/aromatic N) is 1. The van der Waals surface area contributed by atoms with Crippen molar-refractivity contribution in [2.45, 2.75) is 50.3 Å². The summed E-state index contributed by atoms with van der Waals surface area (Å²) in [6.45, 7) is 3.04. The van der Waals surface area contributed by atoms with Crippen molar-refractivity contribution in [3.05, 3.63) is 0 Å². The summed E-state index contributed by atoms with van der Waals surface area (Å²) < 4.78 is 16.4. The molecule has 5 atom stereocenters. The van der Waals surface area contributed by atoms with Gasteiger partial charge in [-0.25, -0.2) is 5.53 Å². The van der Waals surface area contributed by atoms with Crippen molar-refractivity contribution in [3.8, 4) is 0 Å². The predicted octanol–water partition coefficient (Wildman–Crippen LogP) is -0.384. The Morgan fingerprint density at radius 1 is 1.44 bits per heavy atom. The molecule has 0 radical (unpaired) electrons.